The van der Waals surface area contributed by atoms with Crippen molar-refractivity contribution in [3.05, 3.63) is 0 Å². The first kappa shape index (κ1) is 9.49. The summed E-state index contributed by atoms with van der Waals surface area (Å²) in [6.45, 7) is 1.47. The van der Waals surface area contributed by atoms with Crippen LogP contribution in [-0.4, -0.2) is 23.9 Å². The molecule has 0 amide bonds. The molecule has 0 unspecified atom stereocenters. The number of ether oxygens (including phenoxy) is 1. The van der Waals surface area contributed by atoms with Crippen molar-refractivity contribution >= 4 is 22.8 Å². The molecule has 0 saturated heterocycles. The molecule has 10 heavy (non-hydrogen) atoms. The Kier molecular flexibility index (Phi) is 5.02. The lowest BCUT2D eigenvalue weighted by Gasteiger charge is -1.95. The summed E-state index contributed by atoms with van der Waals surface area (Å²) in [5, 5.41) is 0.0314. The van der Waals surface area contributed by atoms with Crippen LogP contribution in [0, 0.1) is 0 Å². The molecule has 0 N–H and O–H groups in total. The van der Waals surface area contributed by atoms with E-state index >= 15 is 0 Å². The fourth-order valence-electron chi connectivity index (χ4n) is 0.380. The largest absolute Gasteiger partial charge is 0.469 e. The summed E-state index contributed by atoms with van der Waals surface area (Å²) in [5.41, 5.74) is 0. The zero-order valence-electron chi connectivity index (χ0n) is 6.05. The van der Waals surface area contributed by atoms with Crippen LogP contribution in [0.5, 0.6) is 0 Å². The van der Waals surface area contributed by atoms with E-state index in [-0.39, 0.29) is 11.1 Å². The molecule has 0 spiro atoms. The normalized spacial score (nSPS) is 9.00. The molecule has 0 atom stereocenters. The Morgan fingerprint density at radius 1 is 1.50 bits per heavy atom. The van der Waals surface area contributed by atoms with Gasteiger partial charge in [-0.2, -0.15) is 0 Å². The molecule has 0 aliphatic carbocycles. The van der Waals surface area contributed by atoms with Gasteiger partial charge in [0.2, 0.25) is 0 Å². The molecule has 0 aromatic heterocycles. The summed E-state index contributed by atoms with van der Waals surface area (Å²) < 4.78 is 4.37. The predicted molar refractivity (Wildman–Crippen MR) is 39.8 cm³/mol. The third-order valence-corrected chi connectivity index (χ3v) is 1.65. The monoisotopic (exact) mass is 162 g/mol. The van der Waals surface area contributed by atoms with Crippen molar-refractivity contribution in [1.82, 2.24) is 0 Å². The van der Waals surface area contributed by atoms with Crippen molar-refractivity contribution in [2.24, 2.45) is 0 Å². The zero-order valence-corrected chi connectivity index (χ0v) is 6.86. The molecule has 0 bridgehead atoms. The molecule has 0 aromatic rings. The van der Waals surface area contributed by atoms with E-state index in [2.05, 4.69) is 4.74 Å². The van der Waals surface area contributed by atoms with E-state index in [4.69, 9.17) is 0 Å². The van der Waals surface area contributed by atoms with Crippen molar-refractivity contribution in [1.29, 1.82) is 0 Å². The maximum absolute atomic E-state index is 10.4. The van der Waals surface area contributed by atoms with Crippen molar-refractivity contribution in [2.45, 2.75) is 13.3 Å². The summed E-state index contributed by atoms with van der Waals surface area (Å²) in [6.07, 6.45) is 0.306. The Morgan fingerprint density at radius 2 is 2.10 bits per heavy atom. The smallest absolute Gasteiger partial charge is 0.306 e. The van der Waals surface area contributed by atoms with Gasteiger partial charge in [0.25, 0.3) is 0 Å². The number of hydrogen-bond donors (Lipinski definition) is 0. The van der Waals surface area contributed by atoms with Crippen molar-refractivity contribution in [3.8, 4) is 0 Å². The first-order chi connectivity index (χ1) is 4.66. The van der Waals surface area contributed by atoms with Crippen LogP contribution >= 0.6 is 11.8 Å². The first-order valence-electron chi connectivity index (χ1n) is 2.87. The lowest BCUT2D eigenvalue weighted by Crippen LogP contribution is -2.01. The van der Waals surface area contributed by atoms with Gasteiger partial charge in [0.15, 0.2) is 5.12 Å². The Hall–Kier alpha value is -0.510. The summed E-state index contributed by atoms with van der Waals surface area (Å²) in [5.74, 6) is 0.246. The molecule has 0 aliphatic heterocycles. The van der Waals surface area contributed by atoms with E-state index in [0.29, 0.717) is 12.2 Å². The summed E-state index contributed by atoms with van der Waals surface area (Å²) in [6, 6.07) is 0. The Balaban J connectivity index is 3.20. The number of rotatable bonds is 3. The Morgan fingerprint density at radius 3 is 2.50 bits per heavy atom. The van der Waals surface area contributed by atoms with Gasteiger partial charge in [-0.1, -0.05) is 11.8 Å². The minimum atomic E-state index is -0.270. The molecule has 4 heteroatoms. The highest BCUT2D eigenvalue weighted by atomic mass is 32.2. The number of thioether (sulfide) groups is 1. The second kappa shape index (κ2) is 5.29. The third-order valence-electron chi connectivity index (χ3n) is 0.839. The fraction of sp³-hybridized carbons (Fsp3) is 0.667. The lowest BCUT2D eigenvalue weighted by atomic mass is 10.5. The van der Waals surface area contributed by atoms with Gasteiger partial charge in [-0.3, -0.25) is 9.59 Å². The van der Waals surface area contributed by atoms with Crippen LogP contribution < -0.4 is 0 Å². The van der Waals surface area contributed by atoms with Gasteiger partial charge in [0.05, 0.1) is 13.5 Å². The van der Waals surface area contributed by atoms with Gasteiger partial charge >= 0.3 is 5.97 Å². The quantitative estimate of drug-likeness (QED) is 0.576. The lowest BCUT2D eigenvalue weighted by molar-refractivity contribution is -0.140. The fourth-order valence-corrected chi connectivity index (χ4v) is 0.936. The number of carbonyl (C=O) groups is 2. The van der Waals surface area contributed by atoms with E-state index in [1.165, 1.54) is 14.0 Å². The van der Waals surface area contributed by atoms with Gasteiger partial charge in [-0.25, -0.2) is 0 Å². The third kappa shape index (κ3) is 5.62. The topological polar surface area (TPSA) is 43.4 Å². The van der Waals surface area contributed by atoms with Crippen molar-refractivity contribution in [2.75, 3.05) is 12.9 Å². The van der Waals surface area contributed by atoms with Crippen LogP contribution in [0.1, 0.15) is 13.3 Å². The molecular formula is C6H10O3S. The second-order valence-corrected chi connectivity index (χ2v) is 2.94. The highest BCUT2D eigenvalue weighted by Gasteiger charge is 2.00. The van der Waals surface area contributed by atoms with Crippen molar-refractivity contribution in [3.63, 3.8) is 0 Å². The SMILES string of the molecule is COC(=O)CCSC(C)=O. The number of hydrogen-bond acceptors (Lipinski definition) is 4. The van der Waals surface area contributed by atoms with Gasteiger partial charge in [-0.15, -0.1) is 0 Å². The van der Waals surface area contributed by atoms with E-state index in [0.717, 1.165) is 11.8 Å². The van der Waals surface area contributed by atoms with Crippen LogP contribution in [0.3, 0.4) is 0 Å². The van der Waals surface area contributed by atoms with Gasteiger partial charge in [-0.05, 0) is 0 Å². The summed E-state index contributed by atoms with van der Waals surface area (Å²) >= 11 is 1.14. The maximum Gasteiger partial charge on any atom is 0.306 e. The molecule has 0 heterocycles. The van der Waals surface area contributed by atoms with Crippen molar-refractivity contribution < 1.29 is 14.3 Å². The highest BCUT2D eigenvalue weighted by molar-refractivity contribution is 8.13. The van der Waals surface area contributed by atoms with Gasteiger partial charge in [0, 0.05) is 12.7 Å². The maximum atomic E-state index is 10.4. The minimum absolute atomic E-state index is 0.0314. The van der Waals surface area contributed by atoms with Crippen LogP contribution in [0.2, 0.25) is 0 Å². The molecule has 0 saturated carbocycles. The molecule has 3 nitrogen and oxygen atoms in total. The molecule has 0 aliphatic rings. The second-order valence-electron chi connectivity index (χ2n) is 1.67. The standard InChI is InChI=1S/C6H10O3S/c1-5(7)10-4-3-6(8)9-2/h3-4H2,1-2H3. The molecule has 0 rings (SSSR count). The van der Waals surface area contributed by atoms with Gasteiger partial charge < -0.3 is 4.74 Å². The van der Waals surface area contributed by atoms with Crippen LogP contribution in [-0.2, 0) is 14.3 Å². The van der Waals surface area contributed by atoms with E-state index in [9.17, 15) is 9.59 Å². The molecular weight excluding hydrogens is 152 g/mol. The number of methoxy groups -OCH3 is 1. The van der Waals surface area contributed by atoms with Crippen LogP contribution in [0.25, 0.3) is 0 Å². The Bertz CT molecular complexity index is 133. The van der Waals surface area contributed by atoms with E-state index in [1.54, 1.807) is 0 Å². The van der Waals surface area contributed by atoms with E-state index < -0.39 is 0 Å². The minimum Gasteiger partial charge on any atom is -0.469 e. The summed E-state index contributed by atoms with van der Waals surface area (Å²) in [4.78, 5) is 20.8. The number of carbonyl (C=O) groups excluding carboxylic acids is 2. The predicted octanol–water partition coefficient (Wildman–Crippen LogP) is 0.829. The van der Waals surface area contributed by atoms with Crippen LogP contribution in [0.4, 0.5) is 0 Å². The highest BCUT2D eigenvalue weighted by Crippen LogP contribution is 2.03. The first-order valence-corrected chi connectivity index (χ1v) is 3.85. The zero-order chi connectivity index (χ0) is 7.98. The van der Waals surface area contributed by atoms with E-state index in [1.807, 2.05) is 0 Å². The molecule has 0 fully saturated rings. The van der Waals surface area contributed by atoms with Gasteiger partial charge in [0.1, 0.15) is 0 Å². The molecule has 58 valence electrons. The average Bonchev–Trinajstić information content (AvgIpc) is 1.87. The molecule has 0 radical (unpaired) electrons. The Labute approximate surface area is 64.1 Å². The summed E-state index contributed by atoms with van der Waals surface area (Å²) in [7, 11) is 1.33. The average molecular weight is 162 g/mol. The van der Waals surface area contributed by atoms with Crippen LogP contribution in [0.15, 0.2) is 0 Å². The number of esters is 1. The molecule has 0 aromatic carbocycles.